The molecule has 2 aliphatic heterocycles. The van der Waals surface area contributed by atoms with Crippen LogP contribution in [-0.4, -0.2) is 65.5 Å². The number of nitrogens with zero attached hydrogens (tertiary/aromatic N) is 3. The number of likely N-dealkylation sites (tertiary alicyclic amines) is 1. The maximum absolute atomic E-state index is 6.20. The highest BCUT2D eigenvalue weighted by molar-refractivity contribution is 14.0. The van der Waals surface area contributed by atoms with Gasteiger partial charge in [0.05, 0.1) is 6.54 Å². The second-order valence-electron chi connectivity index (χ2n) is 6.62. The van der Waals surface area contributed by atoms with Crippen molar-refractivity contribution < 1.29 is 0 Å². The molecule has 2 heterocycles. The average Bonchev–Trinajstić information content (AvgIpc) is 3.03. The number of aliphatic imine (C=N–C) groups is 1. The van der Waals surface area contributed by atoms with Crippen LogP contribution < -0.4 is 5.73 Å². The minimum absolute atomic E-state index is 0. The van der Waals surface area contributed by atoms with E-state index in [1.54, 1.807) is 0 Å². The molecular weight excluding hydrogens is 407 g/mol. The van der Waals surface area contributed by atoms with Gasteiger partial charge in [0.25, 0.3) is 0 Å². The average molecular weight is 438 g/mol. The molecule has 6 heteroatoms. The summed E-state index contributed by atoms with van der Waals surface area (Å²) in [5.41, 5.74) is 6.20. The molecule has 0 amide bonds. The van der Waals surface area contributed by atoms with Crippen LogP contribution in [0.1, 0.15) is 44.9 Å². The number of halogens is 1. The second kappa shape index (κ2) is 9.57. The van der Waals surface area contributed by atoms with E-state index in [4.69, 9.17) is 10.7 Å². The highest BCUT2D eigenvalue weighted by Crippen LogP contribution is 2.29. The quantitative estimate of drug-likeness (QED) is 0.418. The van der Waals surface area contributed by atoms with E-state index in [9.17, 15) is 0 Å². The minimum Gasteiger partial charge on any atom is -0.370 e. The summed E-state index contributed by atoms with van der Waals surface area (Å²) in [6.45, 7) is 4.32. The van der Waals surface area contributed by atoms with Gasteiger partial charge in [-0.15, -0.1) is 24.0 Å². The maximum atomic E-state index is 6.20. The first-order valence-electron chi connectivity index (χ1n) is 8.73. The molecule has 2 N–H and O–H groups in total. The molecule has 3 fully saturated rings. The molecule has 0 aromatic carbocycles. The zero-order valence-electron chi connectivity index (χ0n) is 13.6. The fraction of sp³-hybridized carbons (Fsp3) is 0.938. The van der Waals surface area contributed by atoms with Crippen molar-refractivity contribution in [1.82, 2.24) is 9.80 Å². The number of nitrogens with two attached hydrogens (primary N) is 1. The van der Waals surface area contributed by atoms with Crippen LogP contribution in [0.15, 0.2) is 4.99 Å². The number of hydrogen-bond acceptors (Lipinski definition) is 3. The SMILES string of the molecule is I.NC(=NCC1CCCN1C1CCCCC1)N1CCSCC1. The van der Waals surface area contributed by atoms with Gasteiger partial charge in [0.15, 0.2) is 5.96 Å². The van der Waals surface area contributed by atoms with Crippen LogP contribution in [0.3, 0.4) is 0 Å². The van der Waals surface area contributed by atoms with E-state index >= 15 is 0 Å². The van der Waals surface area contributed by atoms with E-state index in [0.717, 1.165) is 31.6 Å². The lowest BCUT2D eigenvalue weighted by Gasteiger charge is -2.35. The van der Waals surface area contributed by atoms with Crippen molar-refractivity contribution >= 4 is 41.7 Å². The molecule has 0 aromatic heterocycles. The predicted molar refractivity (Wildman–Crippen MR) is 107 cm³/mol. The standard InChI is InChI=1S/C16H30N4S.HI/c17-16(19-9-11-21-12-10-19)18-13-15-7-4-8-20(15)14-5-2-1-3-6-14;/h14-15H,1-13H2,(H2,17,18);1H. The van der Waals surface area contributed by atoms with Gasteiger partial charge in [0, 0.05) is 36.7 Å². The van der Waals surface area contributed by atoms with Crippen LogP contribution in [-0.2, 0) is 0 Å². The fourth-order valence-corrected chi connectivity index (χ4v) is 4.94. The Hall–Kier alpha value is 0.310. The summed E-state index contributed by atoms with van der Waals surface area (Å²) < 4.78 is 0. The van der Waals surface area contributed by atoms with Crippen molar-refractivity contribution in [1.29, 1.82) is 0 Å². The molecule has 0 bridgehead atoms. The van der Waals surface area contributed by atoms with Crippen molar-refractivity contribution in [2.75, 3.05) is 37.7 Å². The first-order chi connectivity index (χ1) is 10.3. The van der Waals surface area contributed by atoms with Gasteiger partial charge >= 0.3 is 0 Å². The lowest BCUT2D eigenvalue weighted by molar-refractivity contribution is 0.145. The van der Waals surface area contributed by atoms with Crippen LogP contribution in [0.25, 0.3) is 0 Å². The monoisotopic (exact) mass is 438 g/mol. The van der Waals surface area contributed by atoms with Crippen LogP contribution in [0.5, 0.6) is 0 Å². The summed E-state index contributed by atoms with van der Waals surface area (Å²) in [7, 11) is 0. The Morgan fingerprint density at radius 1 is 1.00 bits per heavy atom. The first kappa shape index (κ1) is 18.6. The summed E-state index contributed by atoms with van der Waals surface area (Å²) in [6.07, 6.45) is 9.74. The molecule has 1 atom stereocenters. The van der Waals surface area contributed by atoms with E-state index in [0.29, 0.717) is 6.04 Å². The first-order valence-corrected chi connectivity index (χ1v) is 9.88. The van der Waals surface area contributed by atoms with Crippen molar-refractivity contribution in [3.63, 3.8) is 0 Å². The van der Waals surface area contributed by atoms with Gasteiger partial charge in [-0.05, 0) is 32.2 Å². The third-order valence-electron chi connectivity index (χ3n) is 5.27. The molecule has 3 aliphatic rings. The molecular formula is C16H31IN4S. The Kier molecular flexibility index (Phi) is 8.11. The summed E-state index contributed by atoms with van der Waals surface area (Å²) in [6, 6.07) is 1.47. The Labute approximate surface area is 156 Å². The van der Waals surface area contributed by atoms with Gasteiger partial charge in [0.2, 0.25) is 0 Å². The van der Waals surface area contributed by atoms with Gasteiger partial charge < -0.3 is 10.6 Å². The van der Waals surface area contributed by atoms with Crippen molar-refractivity contribution in [3.05, 3.63) is 0 Å². The highest BCUT2D eigenvalue weighted by Gasteiger charge is 2.31. The number of rotatable bonds is 3. The number of hydrogen-bond donors (Lipinski definition) is 1. The summed E-state index contributed by atoms with van der Waals surface area (Å²) in [5, 5.41) is 0. The molecule has 0 aromatic rings. The summed E-state index contributed by atoms with van der Waals surface area (Å²) in [5.74, 6) is 3.16. The molecule has 1 aliphatic carbocycles. The number of guanidine groups is 1. The van der Waals surface area contributed by atoms with E-state index < -0.39 is 0 Å². The topological polar surface area (TPSA) is 44.9 Å². The van der Waals surface area contributed by atoms with Gasteiger partial charge in [-0.25, -0.2) is 0 Å². The van der Waals surface area contributed by atoms with Crippen LogP contribution in [0.2, 0.25) is 0 Å². The largest absolute Gasteiger partial charge is 0.370 e. The lowest BCUT2D eigenvalue weighted by atomic mass is 9.94. The third kappa shape index (κ3) is 4.90. The smallest absolute Gasteiger partial charge is 0.191 e. The Bertz CT molecular complexity index is 354. The van der Waals surface area contributed by atoms with Gasteiger partial charge in [-0.2, -0.15) is 11.8 Å². The van der Waals surface area contributed by atoms with E-state index in [1.807, 2.05) is 11.8 Å². The molecule has 128 valence electrons. The normalized spacial score (nSPS) is 28.6. The summed E-state index contributed by atoms with van der Waals surface area (Å²) >= 11 is 2.02. The van der Waals surface area contributed by atoms with Crippen LogP contribution in [0.4, 0.5) is 0 Å². The van der Waals surface area contributed by atoms with Crippen molar-refractivity contribution in [2.45, 2.75) is 57.0 Å². The Balaban J connectivity index is 0.00000176. The van der Waals surface area contributed by atoms with Crippen molar-refractivity contribution in [2.24, 2.45) is 10.7 Å². The predicted octanol–water partition coefficient (Wildman–Crippen LogP) is 2.77. The van der Waals surface area contributed by atoms with Gasteiger partial charge in [-0.1, -0.05) is 19.3 Å². The molecule has 1 saturated carbocycles. The van der Waals surface area contributed by atoms with Crippen LogP contribution >= 0.6 is 35.7 Å². The minimum atomic E-state index is 0. The molecule has 22 heavy (non-hydrogen) atoms. The molecule has 3 rings (SSSR count). The lowest BCUT2D eigenvalue weighted by Crippen LogP contribution is -2.44. The highest BCUT2D eigenvalue weighted by atomic mass is 127. The maximum Gasteiger partial charge on any atom is 0.191 e. The fourth-order valence-electron chi connectivity index (χ4n) is 4.04. The molecule has 4 nitrogen and oxygen atoms in total. The van der Waals surface area contributed by atoms with E-state index in [-0.39, 0.29) is 24.0 Å². The zero-order chi connectivity index (χ0) is 14.5. The van der Waals surface area contributed by atoms with E-state index in [2.05, 4.69) is 9.80 Å². The van der Waals surface area contributed by atoms with Gasteiger partial charge in [0.1, 0.15) is 0 Å². The third-order valence-corrected chi connectivity index (χ3v) is 6.21. The molecule has 0 radical (unpaired) electrons. The number of thioether (sulfide) groups is 1. The summed E-state index contributed by atoms with van der Waals surface area (Å²) in [4.78, 5) is 9.76. The molecule has 0 spiro atoms. The van der Waals surface area contributed by atoms with Crippen LogP contribution in [0, 0.1) is 0 Å². The van der Waals surface area contributed by atoms with Crippen molar-refractivity contribution in [3.8, 4) is 0 Å². The Morgan fingerprint density at radius 2 is 1.73 bits per heavy atom. The molecule has 2 saturated heterocycles. The zero-order valence-corrected chi connectivity index (χ0v) is 16.7. The van der Waals surface area contributed by atoms with Gasteiger partial charge in [-0.3, -0.25) is 9.89 Å². The molecule has 1 unspecified atom stereocenters. The Morgan fingerprint density at radius 3 is 2.45 bits per heavy atom. The second-order valence-corrected chi connectivity index (χ2v) is 7.85. The van der Waals surface area contributed by atoms with E-state index in [1.165, 1.54) is 63.0 Å².